The normalized spacial score (nSPS) is 11.1. The molecular weight excluding hydrogens is 398 g/mol. The summed E-state index contributed by atoms with van der Waals surface area (Å²) in [4.78, 5) is 0.189. The van der Waals surface area contributed by atoms with Gasteiger partial charge in [0.25, 0.3) is 10.0 Å². The van der Waals surface area contributed by atoms with E-state index in [-0.39, 0.29) is 11.4 Å². The minimum Gasteiger partial charge on any atom is -0.497 e. The highest BCUT2D eigenvalue weighted by Crippen LogP contribution is 2.36. The molecule has 0 fully saturated rings. The summed E-state index contributed by atoms with van der Waals surface area (Å²) in [6, 6.07) is 20.4. The minimum absolute atomic E-state index is 0.109. The first-order valence-electron chi connectivity index (χ1n) is 8.50. The molecule has 7 heteroatoms. The van der Waals surface area contributed by atoms with Crippen LogP contribution in [0.15, 0.2) is 77.7 Å². The van der Waals surface area contributed by atoms with E-state index in [2.05, 4.69) is 0 Å². The van der Waals surface area contributed by atoms with Gasteiger partial charge in [0, 0.05) is 11.1 Å². The van der Waals surface area contributed by atoms with Crippen molar-refractivity contribution in [1.29, 1.82) is 0 Å². The van der Waals surface area contributed by atoms with Crippen molar-refractivity contribution in [2.24, 2.45) is 0 Å². The van der Waals surface area contributed by atoms with E-state index in [0.717, 1.165) is 5.56 Å². The molecule has 0 radical (unpaired) electrons. The highest BCUT2D eigenvalue weighted by atomic mass is 35.5. The first-order chi connectivity index (χ1) is 13.5. The smallest absolute Gasteiger partial charge is 0.264 e. The van der Waals surface area contributed by atoms with Crippen LogP contribution in [-0.2, 0) is 16.6 Å². The zero-order chi connectivity index (χ0) is 20.1. The second-order valence-electron chi connectivity index (χ2n) is 5.99. The lowest BCUT2D eigenvalue weighted by atomic mass is 10.2. The van der Waals surface area contributed by atoms with Crippen LogP contribution in [-0.4, -0.2) is 22.6 Å². The van der Waals surface area contributed by atoms with Gasteiger partial charge in [0.1, 0.15) is 11.5 Å². The Morgan fingerprint density at radius 2 is 1.57 bits per heavy atom. The highest BCUT2D eigenvalue weighted by molar-refractivity contribution is 7.92. The molecule has 0 amide bonds. The molecule has 3 aromatic carbocycles. The lowest BCUT2D eigenvalue weighted by Gasteiger charge is -2.26. The van der Waals surface area contributed by atoms with Gasteiger partial charge in [-0.2, -0.15) is 0 Å². The molecule has 0 heterocycles. The van der Waals surface area contributed by atoms with Crippen LogP contribution in [0.25, 0.3) is 0 Å². The summed E-state index contributed by atoms with van der Waals surface area (Å²) >= 11 is 5.97. The number of anilines is 1. The van der Waals surface area contributed by atoms with Gasteiger partial charge >= 0.3 is 0 Å². The fraction of sp³-hybridized carbons (Fsp3) is 0.143. The Kier molecular flexibility index (Phi) is 6.11. The van der Waals surface area contributed by atoms with E-state index < -0.39 is 10.0 Å². The lowest BCUT2D eigenvalue weighted by Crippen LogP contribution is -2.31. The van der Waals surface area contributed by atoms with Gasteiger partial charge in [0.05, 0.1) is 31.3 Å². The number of sulfonamides is 1. The molecule has 28 heavy (non-hydrogen) atoms. The third-order valence-electron chi connectivity index (χ3n) is 4.23. The summed E-state index contributed by atoms with van der Waals surface area (Å²) in [6.07, 6.45) is 0. The van der Waals surface area contributed by atoms with Crippen molar-refractivity contribution in [3.63, 3.8) is 0 Å². The molecule has 0 aliphatic heterocycles. The van der Waals surface area contributed by atoms with Crippen molar-refractivity contribution in [2.75, 3.05) is 18.5 Å². The molecule has 0 spiro atoms. The largest absolute Gasteiger partial charge is 0.497 e. The molecular formula is C21H20ClNO4S. The Morgan fingerprint density at radius 1 is 0.893 bits per heavy atom. The van der Waals surface area contributed by atoms with Gasteiger partial charge < -0.3 is 9.47 Å². The first-order valence-corrected chi connectivity index (χ1v) is 10.3. The number of rotatable bonds is 7. The average molecular weight is 418 g/mol. The molecule has 3 aromatic rings. The monoisotopic (exact) mass is 417 g/mol. The third kappa shape index (κ3) is 4.24. The second kappa shape index (κ2) is 8.54. The first kappa shape index (κ1) is 20.0. The predicted molar refractivity (Wildman–Crippen MR) is 111 cm³/mol. The zero-order valence-corrected chi connectivity index (χ0v) is 17.1. The van der Waals surface area contributed by atoms with Crippen LogP contribution < -0.4 is 13.8 Å². The lowest BCUT2D eigenvalue weighted by molar-refractivity contribution is 0.403. The average Bonchev–Trinajstić information content (AvgIpc) is 2.73. The maximum atomic E-state index is 13.5. The van der Waals surface area contributed by atoms with E-state index in [1.54, 1.807) is 72.8 Å². The summed E-state index contributed by atoms with van der Waals surface area (Å²) < 4.78 is 39.0. The second-order valence-corrected chi connectivity index (χ2v) is 8.29. The minimum atomic E-state index is -3.86. The van der Waals surface area contributed by atoms with Gasteiger partial charge in [-0.05, 0) is 42.0 Å². The summed E-state index contributed by atoms with van der Waals surface area (Å²) in [6.45, 7) is 0.109. The van der Waals surface area contributed by atoms with Crippen molar-refractivity contribution in [3.05, 3.63) is 83.4 Å². The van der Waals surface area contributed by atoms with Gasteiger partial charge in [-0.3, -0.25) is 4.31 Å². The number of ether oxygens (including phenoxy) is 2. The molecule has 146 valence electrons. The molecule has 0 aliphatic carbocycles. The molecule has 0 aliphatic rings. The summed E-state index contributed by atoms with van der Waals surface area (Å²) in [5.41, 5.74) is 1.18. The van der Waals surface area contributed by atoms with Crippen molar-refractivity contribution in [2.45, 2.75) is 11.4 Å². The third-order valence-corrected chi connectivity index (χ3v) is 6.25. The Bertz CT molecular complexity index is 1040. The number of hydrogen-bond donors (Lipinski definition) is 0. The summed E-state index contributed by atoms with van der Waals surface area (Å²) in [7, 11) is -0.826. The molecule has 5 nitrogen and oxygen atoms in total. The Balaban J connectivity index is 2.16. The number of hydrogen-bond acceptors (Lipinski definition) is 4. The quantitative estimate of drug-likeness (QED) is 0.556. The molecule has 0 unspecified atom stereocenters. The Labute approximate surface area is 170 Å². The molecule has 0 saturated heterocycles. The van der Waals surface area contributed by atoms with E-state index in [1.807, 2.05) is 0 Å². The van der Waals surface area contributed by atoms with Gasteiger partial charge in [0.15, 0.2) is 0 Å². The number of halogens is 1. The topological polar surface area (TPSA) is 55.8 Å². The fourth-order valence-electron chi connectivity index (χ4n) is 2.77. The molecule has 0 saturated carbocycles. The number of methoxy groups -OCH3 is 2. The molecule has 0 aromatic heterocycles. The van der Waals surface area contributed by atoms with Crippen LogP contribution in [0.3, 0.4) is 0 Å². The van der Waals surface area contributed by atoms with Crippen LogP contribution in [0.2, 0.25) is 5.02 Å². The molecule has 0 bridgehead atoms. The Morgan fingerprint density at radius 3 is 2.18 bits per heavy atom. The number of nitrogens with zero attached hydrogens (tertiary/aromatic N) is 1. The van der Waals surface area contributed by atoms with Gasteiger partial charge in [0.2, 0.25) is 0 Å². The van der Waals surface area contributed by atoms with Crippen LogP contribution in [0.1, 0.15) is 5.56 Å². The van der Waals surface area contributed by atoms with E-state index in [0.29, 0.717) is 22.2 Å². The van der Waals surface area contributed by atoms with Gasteiger partial charge in [-0.1, -0.05) is 41.9 Å². The van der Waals surface area contributed by atoms with E-state index in [9.17, 15) is 8.42 Å². The molecule has 0 N–H and O–H groups in total. The van der Waals surface area contributed by atoms with E-state index in [1.165, 1.54) is 18.5 Å². The van der Waals surface area contributed by atoms with E-state index >= 15 is 0 Å². The van der Waals surface area contributed by atoms with Crippen LogP contribution in [0, 0.1) is 0 Å². The highest BCUT2D eigenvalue weighted by Gasteiger charge is 2.28. The fourth-order valence-corrected chi connectivity index (χ4v) is 4.37. The predicted octanol–water partition coefficient (Wildman–Crippen LogP) is 4.75. The maximum absolute atomic E-state index is 13.5. The van der Waals surface area contributed by atoms with Crippen LogP contribution in [0.4, 0.5) is 5.69 Å². The Hall–Kier alpha value is -2.70. The number of benzene rings is 3. The summed E-state index contributed by atoms with van der Waals surface area (Å²) in [5.74, 6) is 0.953. The molecule has 0 atom stereocenters. The van der Waals surface area contributed by atoms with Crippen molar-refractivity contribution < 1.29 is 17.9 Å². The molecule has 3 rings (SSSR count). The van der Waals surface area contributed by atoms with Crippen molar-refractivity contribution in [1.82, 2.24) is 0 Å². The van der Waals surface area contributed by atoms with Gasteiger partial charge in [-0.25, -0.2) is 8.42 Å². The SMILES string of the molecule is COc1ccc(OC)c(N(Cc2ccc(Cl)cc2)S(=O)(=O)c2ccccc2)c1. The summed E-state index contributed by atoms with van der Waals surface area (Å²) in [5, 5.41) is 0.583. The standard InChI is InChI=1S/C21H20ClNO4S/c1-26-18-12-13-21(27-2)20(14-18)23(15-16-8-10-17(22)11-9-16)28(24,25)19-6-4-3-5-7-19/h3-14H,15H2,1-2H3. The van der Waals surface area contributed by atoms with Gasteiger partial charge in [-0.15, -0.1) is 0 Å². The van der Waals surface area contributed by atoms with Crippen LogP contribution in [0.5, 0.6) is 11.5 Å². The maximum Gasteiger partial charge on any atom is 0.264 e. The van der Waals surface area contributed by atoms with Crippen molar-refractivity contribution >= 4 is 27.3 Å². The van der Waals surface area contributed by atoms with E-state index in [4.69, 9.17) is 21.1 Å². The van der Waals surface area contributed by atoms with Crippen molar-refractivity contribution in [3.8, 4) is 11.5 Å². The van der Waals surface area contributed by atoms with Crippen LogP contribution >= 0.6 is 11.6 Å². The zero-order valence-electron chi connectivity index (χ0n) is 15.5.